The van der Waals surface area contributed by atoms with Gasteiger partial charge in [0.2, 0.25) is 0 Å². The van der Waals surface area contributed by atoms with E-state index in [2.05, 4.69) is 205 Å². The van der Waals surface area contributed by atoms with Crippen molar-refractivity contribution in [2.45, 2.75) is 13.8 Å². The number of nitrogens with zero attached hydrogens (tertiary/aromatic N) is 2. The van der Waals surface area contributed by atoms with Gasteiger partial charge in [-0.1, -0.05) is 139 Å². The van der Waals surface area contributed by atoms with E-state index in [9.17, 15) is 0 Å². The fourth-order valence-corrected chi connectivity index (χ4v) is 8.19. The molecule has 0 atom stereocenters. The van der Waals surface area contributed by atoms with Crippen LogP contribution in [0.1, 0.15) is 11.1 Å². The van der Waals surface area contributed by atoms with Crippen molar-refractivity contribution in [3.8, 4) is 44.8 Å². The molecule has 0 amide bonds. The molecule has 0 aliphatic rings. The summed E-state index contributed by atoms with van der Waals surface area (Å²) in [4.78, 5) is 0. The van der Waals surface area contributed by atoms with Crippen LogP contribution in [-0.2, 0) is 0 Å². The Labute approximate surface area is 303 Å². The maximum atomic E-state index is 2.47. The molecule has 0 aliphatic carbocycles. The zero-order chi connectivity index (χ0) is 34.8. The summed E-state index contributed by atoms with van der Waals surface area (Å²) >= 11 is 0. The van der Waals surface area contributed by atoms with Crippen LogP contribution >= 0.6 is 0 Å². The summed E-state index contributed by atoms with van der Waals surface area (Å²) in [5, 5.41) is 5.01. The summed E-state index contributed by atoms with van der Waals surface area (Å²) in [6.07, 6.45) is 0. The van der Waals surface area contributed by atoms with E-state index < -0.39 is 0 Å². The SMILES string of the molecule is Cc1cccc(-c2cc(-c3ccc(-n4c5ccccc5c5ccc6c7ccccc7n(-c7ccccc7)c6c54)cc3)cc(-c3cccc(C)c3)c2)c1. The van der Waals surface area contributed by atoms with Crippen molar-refractivity contribution in [2.24, 2.45) is 0 Å². The van der Waals surface area contributed by atoms with Crippen LogP contribution in [0.3, 0.4) is 0 Å². The molecular formula is C50H36N2. The summed E-state index contributed by atoms with van der Waals surface area (Å²) in [5.41, 5.74) is 17.0. The van der Waals surface area contributed by atoms with Crippen LogP contribution in [0.2, 0.25) is 0 Å². The quantitative estimate of drug-likeness (QED) is 0.173. The van der Waals surface area contributed by atoms with Crippen LogP contribution in [0.5, 0.6) is 0 Å². The first-order chi connectivity index (χ1) is 25.6. The first kappa shape index (κ1) is 30.2. The Morgan fingerprint density at radius 2 is 0.731 bits per heavy atom. The lowest BCUT2D eigenvalue weighted by Crippen LogP contribution is -1.98. The maximum absolute atomic E-state index is 2.47. The van der Waals surface area contributed by atoms with Gasteiger partial charge in [-0.25, -0.2) is 0 Å². The van der Waals surface area contributed by atoms with Crippen molar-refractivity contribution in [1.29, 1.82) is 0 Å². The topological polar surface area (TPSA) is 9.86 Å². The Morgan fingerprint density at radius 3 is 1.23 bits per heavy atom. The van der Waals surface area contributed by atoms with Gasteiger partial charge in [0.05, 0.1) is 22.1 Å². The Hall–Kier alpha value is -6.64. The van der Waals surface area contributed by atoms with Crippen LogP contribution in [0.25, 0.3) is 88.4 Å². The first-order valence-electron chi connectivity index (χ1n) is 18.0. The van der Waals surface area contributed by atoms with Crippen LogP contribution in [0.15, 0.2) is 182 Å². The minimum absolute atomic E-state index is 1.14. The minimum Gasteiger partial charge on any atom is -0.307 e. The average molecular weight is 665 g/mol. The van der Waals surface area contributed by atoms with Gasteiger partial charge in [0.1, 0.15) is 0 Å². The number of fused-ring (bicyclic) bond motifs is 7. The molecule has 0 fully saturated rings. The normalized spacial score (nSPS) is 11.7. The number of rotatable bonds is 5. The van der Waals surface area contributed by atoms with Crippen molar-refractivity contribution >= 4 is 43.6 Å². The highest BCUT2D eigenvalue weighted by atomic mass is 15.0. The molecule has 10 rings (SSSR count). The molecule has 2 heteroatoms. The molecule has 0 radical (unpaired) electrons. The van der Waals surface area contributed by atoms with Gasteiger partial charge in [-0.2, -0.15) is 0 Å². The van der Waals surface area contributed by atoms with Crippen LogP contribution in [0.4, 0.5) is 0 Å². The molecular weight excluding hydrogens is 629 g/mol. The van der Waals surface area contributed by atoms with Crippen LogP contribution < -0.4 is 0 Å². The number of benzene rings is 8. The number of aryl methyl sites for hydroxylation is 2. The Balaban J connectivity index is 1.20. The standard InChI is InChI=1S/C50H36N2/c1-33-12-10-14-36(28-33)39-30-38(31-40(32-39)37-15-11-13-34(2)29-37)35-22-24-42(25-23-35)52-48-21-9-7-19-44(48)46-27-26-45-43-18-6-8-20-47(43)51(49(45)50(46)52)41-16-4-3-5-17-41/h3-32H,1-2H3. The molecule has 0 N–H and O–H groups in total. The first-order valence-corrected chi connectivity index (χ1v) is 18.0. The summed E-state index contributed by atoms with van der Waals surface area (Å²) in [6, 6.07) is 66.8. The van der Waals surface area contributed by atoms with Gasteiger partial charge in [-0.15, -0.1) is 0 Å². The summed E-state index contributed by atoms with van der Waals surface area (Å²) in [5.74, 6) is 0. The largest absolute Gasteiger partial charge is 0.307 e. The van der Waals surface area contributed by atoms with Gasteiger partial charge >= 0.3 is 0 Å². The van der Waals surface area contributed by atoms with Crippen molar-refractivity contribution in [3.05, 3.63) is 193 Å². The number of para-hydroxylation sites is 3. The lowest BCUT2D eigenvalue weighted by molar-refractivity contribution is 1.15. The fourth-order valence-electron chi connectivity index (χ4n) is 8.19. The van der Waals surface area contributed by atoms with Gasteiger partial charge < -0.3 is 9.13 Å². The van der Waals surface area contributed by atoms with Gasteiger partial charge in [-0.3, -0.25) is 0 Å². The smallest absolute Gasteiger partial charge is 0.0788 e. The number of hydrogen-bond acceptors (Lipinski definition) is 0. The third kappa shape index (κ3) is 4.87. The van der Waals surface area contributed by atoms with Gasteiger partial charge in [-0.05, 0) is 102 Å². The van der Waals surface area contributed by atoms with E-state index >= 15 is 0 Å². The van der Waals surface area contributed by atoms with E-state index in [4.69, 9.17) is 0 Å². The Bertz CT molecular complexity index is 2890. The van der Waals surface area contributed by atoms with Gasteiger partial charge in [0.25, 0.3) is 0 Å². The van der Waals surface area contributed by atoms with E-state index in [0.717, 1.165) is 11.4 Å². The molecule has 2 aromatic heterocycles. The molecule has 0 unspecified atom stereocenters. The second kappa shape index (κ2) is 12.0. The predicted molar refractivity (Wildman–Crippen MR) is 221 cm³/mol. The highest BCUT2D eigenvalue weighted by Gasteiger charge is 2.21. The molecule has 0 aliphatic heterocycles. The van der Waals surface area contributed by atoms with Crippen molar-refractivity contribution < 1.29 is 0 Å². The summed E-state index contributed by atoms with van der Waals surface area (Å²) in [6.45, 7) is 4.32. The lowest BCUT2D eigenvalue weighted by atomic mass is 9.92. The molecule has 246 valence electrons. The molecule has 2 heterocycles. The molecule has 0 saturated heterocycles. The molecule has 0 bridgehead atoms. The van der Waals surface area contributed by atoms with E-state index in [1.165, 1.54) is 88.1 Å². The Morgan fingerprint density at radius 1 is 0.288 bits per heavy atom. The van der Waals surface area contributed by atoms with Crippen LogP contribution in [-0.4, -0.2) is 9.13 Å². The molecule has 10 aromatic rings. The molecule has 52 heavy (non-hydrogen) atoms. The van der Waals surface area contributed by atoms with E-state index in [1.807, 2.05) is 0 Å². The zero-order valence-corrected chi connectivity index (χ0v) is 29.2. The number of hydrogen-bond donors (Lipinski definition) is 0. The predicted octanol–water partition coefficient (Wildman–Crippen LogP) is 13.5. The van der Waals surface area contributed by atoms with E-state index in [-0.39, 0.29) is 0 Å². The molecule has 0 saturated carbocycles. The molecule has 2 nitrogen and oxygen atoms in total. The van der Waals surface area contributed by atoms with Crippen molar-refractivity contribution in [2.75, 3.05) is 0 Å². The molecule has 8 aromatic carbocycles. The van der Waals surface area contributed by atoms with Gasteiger partial charge in [0, 0.05) is 32.9 Å². The summed E-state index contributed by atoms with van der Waals surface area (Å²) in [7, 11) is 0. The monoisotopic (exact) mass is 664 g/mol. The van der Waals surface area contributed by atoms with E-state index in [1.54, 1.807) is 0 Å². The van der Waals surface area contributed by atoms with Crippen molar-refractivity contribution in [3.63, 3.8) is 0 Å². The van der Waals surface area contributed by atoms with Crippen molar-refractivity contribution in [1.82, 2.24) is 9.13 Å². The minimum atomic E-state index is 1.14. The third-order valence-corrected chi connectivity index (χ3v) is 10.6. The lowest BCUT2D eigenvalue weighted by Gasteiger charge is -2.14. The molecule has 0 spiro atoms. The average Bonchev–Trinajstić information content (AvgIpc) is 3.71. The zero-order valence-electron chi connectivity index (χ0n) is 29.2. The maximum Gasteiger partial charge on any atom is 0.0788 e. The highest BCUT2D eigenvalue weighted by Crippen LogP contribution is 2.42. The van der Waals surface area contributed by atoms with Gasteiger partial charge in [0.15, 0.2) is 0 Å². The Kier molecular flexibility index (Phi) is 6.97. The second-order valence-electron chi connectivity index (χ2n) is 14.0. The number of aromatic nitrogens is 2. The second-order valence-corrected chi connectivity index (χ2v) is 14.0. The van der Waals surface area contributed by atoms with E-state index in [0.29, 0.717) is 0 Å². The highest BCUT2D eigenvalue weighted by molar-refractivity contribution is 6.23. The summed E-state index contributed by atoms with van der Waals surface area (Å²) < 4.78 is 4.91. The third-order valence-electron chi connectivity index (χ3n) is 10.6. The van der Waals surface area contributed by atoms with Crippen LogP contribution in [0, 0.1) is 13.8 Å². The fraction of sp³-hybridized carbons (Fsp3) is 0.0400.